The van der Waals surface area contributed by atoms with E-state index in [1.165, 1.54) is 11.9 Å². The standard InChI is InChI=1S/C12H18N4O2/c1-15(2)10-5-4-8(6-9(10)13)12(18)16(3)7-11(14)17/h4-6H,7,13H2,1-3H3,(H2,14,17). The Hall–Kier alpha value is -2.24. The number of anilines is 2. The Labute approximate surface area is 106 Å². The Bertz CT molecular complexity index is 471. The smallest absolute Gasteiger partial charge is 0.254 e. The Kier molecular flexibility index (Phi) is 4.14. The summed E-state index contributed by atoms with van der Waals surface area (Å²) in [6.45, 7) is -0.117. The van der Waals surface area contributed by atoms with Crippen molar-refractivity contribution in [3.05, 3.63) is 23.8 Å². The molecule has 0 heterocycles. The van der Waals surface area contributed by atoms with Gasteiger partial charge in [0, 0.05) is 26.7 Å². The number of nitrogens with two attached hydrogens (primary N) is 2. The van der Waals surface area contributed by atoms with Crippen LogP contribution < -0.4 is 16.4 Å². The average molecular weight is 250 g/mol. The van der Waals surface area contributed by atoms with Gasteiger partial charge in [-0.1, -0.05) is 0 Å². The number of nitrogens with zero attached hydrogens (tertiary/aromatic N) is 2. The number of hydrogen-bond donors (Lipinski definition) is 2. The van der Waals surface area contributed by atoms with Crippen LogP contribution in [0.4, 0.5) is 11.4 Å². The van der Waals surface area contributed by atoms with E-state index in [2.05, 4.69) is 0 Å². The zero-order valence-corrected chi connectivity index (χ0v) is 10.8. The van der Waals surface area contributed by atoms with Crippen molar-refractivity contribution in [1.82, 2.24) is 4.90 Å². The molecule has 6 nitrogen and oxygen atoms in total. The van der Waals surface area contributed by atoms with E-state index in [9.17, 15) is 9.59 Å². The molecule has 0 aliphatic rings. The van der Waals surface area contributed by atoms with Crippen LogP contribution in [0.3, 0.4) is 0 Å². The second kappa shape index (κ2) is 5.39. The third kappa shape index (κ3) is 3.13. The SMILES string of the molecule is CN(CC(N)=O)C(=O)c1ccc(N(C)C)c(N)c1. The van der Waals surface area contributed by atoms with Crippen LogP contribution in [0.15, 0.2) is 18.2 Å². The molecule has 0 radical (unpaired) electrons. The molecule has 0 spiro atoms. The fourth-order valence-electron chi connectivity index (χ4n) is 1.62. The number of benzene rings is 1. The van der Waals surface area contributed by atoms with Gasteiger partial charge in [-0.2, -0.15) is 0 Å². The molecule has 0 saturated heterocycles. The lowest BCUT2D eigenvalue weighted by atomic mass is 10.1. The summed E-state index contributed by atoms with van der Waals surface area (Å²) in [7, 11) is 5.25. The molecule has 1 rings (SSSR count). The molecule has 0 fully saturated rings. The predicted octanol–water partition coefficient (Wildman–Crippen LogP) is -0.108. The Morgan fingerprint density at radius 3 is 2.28 bits per heavy atom. The zero-order valence-electron chi connectivity index (χ0n) is 10.8. The van der Waals surface area contributed by atoms with E-state index in [1.807, 2.05) is 19.0 Å². The molecule has 18 heavy (non-hydrogen) atoms. The summed E-state index contributed by atoms with van der Waals surface area (Å²) in [6.07, 6.45) is 0. The van der Waals surface area contributed by atoms with Gasteiger partial charge in [-0.25, -0.2) is 0 Å². The summed E-state index contributed by atoms with van der Waals surface area (Å²) < 4.78 is 0. The largest absolute Gasteiger partial charge is 0.397 e. The number of nitrogen functional groups attached to an aromatic ring is 1. The maximum absolute atomic E-state index is 12.0. The van der Waals surface area contributed by atoms with Gasteiger partial charge in [-0.3, -0.25) is 9.59 Å². The monoisotopic (exact) mass is 250 g/mol. The van der Waals surface area contributed by atoms with Crippen molar-refractivity contribution in [2.24, 2.45) is 5.73 Å². The number of primary amides is 1. The summed E-state index contributed by atoms with van der Waals surface area (Å²) in [5.74, 6) is -0.838. The second-order valence-corrected chi connectivity index (χ2v) is 4.30. The highest BCUT2D eigenvalue weighted by atomic mass is 16.2. The highest BCUT2D eigenvalue weighted by Gasteiger charge is 2.14. The molecular weight excluding hydrogens is 232 g/mol. The quantitative estimate of drug-likeness (QED) is 0.729. The average Bonchev–Trinajstić information content (AvgIpc) is 2.26. The van der Waals surface area contributed by atoms with Crippen LogP contribution in [0.2, 0.25) is 0 Å². The van der Waals surface area contributed by atoms with E-state index in [0.717, 1.165) is 5.69 Å². The van der Waals surface area contributed by atoms with Crippen LogP contribution in [0, 0.1) is 0 Å². The number of rotatable bonds is 4. The number of carbonyl (C=O) groups is 2. The fourth-order valence-corrected chi connectivity index (χ4v) is 1.62. The second-order valence-electron chi connectivity index (χ2n) is 4.30. The molecule has 1 aromatic rings. The molecule has 4 N–H and O–H groups in total. The van der Waals surface area contributed by atoms with Gasteiger partial charge in [0.1, 0.15) is 0 Å². The third-order valence-electron chi connectivity index (χ3n) is 2.50. The van der Waals surface area contributed by atoms with Gasteiger partial charge in [0.2, 0.25) is 5.91 Å². The van der Waals surface area contributed by atoms with Gasteiger partial charge in [-0.15, -0.1) is 0 Å². The van der Waals surface area contributed by atoms with Crippen LogP contribution in [-0.2, 0) is 4.79 Å². The molecule has 0 aliphatic heterocycles. The van der Waals surface area contributed by atoms with Crippen molar-refractivity contribution >= 4 is 23.2 Å². The maximum Gasteiger partial charge on any atom is 0.254 e. The van der Waals surface area contributed by atoms with Gasteiger partial charge < -0.3 is 21.3 Å². The lowest BCUT2D eigenvalue weighted by molar-refractivity contribution is -0.118. The Morgan fingerprint density at radius 2 is 1.83 bits per heavy atom. The lowest BCUT2D eigenvalue weighted by Crippen LogP contribution is -2.35. The minimum atomic E-state index is -0.552. The molecule has 0 atom stereocenters. The van der Waals surface area contributed by atoms with Gasteiger partial charge in [0.25, 0.3) is 5.91 Å². The first-order valence-electron chi connectivity index (χ1n) is 5.43. The lowest BCUT2D eigenvalue weighted by Gasteiger charge is -2.18. The van der Waals surface area contributed by atoms with E-state index in [4.69, 9.17) is 11.5 Å². The summed E-state index contributed by atoms with van der Waals surface area (Å²) in [4.78, 5) is 25.8. The minimum absolute atomic E-state index is 0.117. The molecule has 0 aliphatic carbocycles. The van der Waals surface area contributed by atoms with Crippen molar-refractivity contribution in [2.45, 2.75) is 0 Å². The van der Waals surface area contributed by atoms with Gasteiger partial charge in [0.05, 0.1) is 17.9 Å². The van der Waals surface area contributed by atoms with E-state index < -0.39 is 5.91 Å². The zero-order chi connectivity index (χ0) is 13.9. The van der Waals surface area contributed by atoms with E-state index in [-0.39, 0.29) is 12.5 Å². The molecule has 6 heteroatoms. The number of likely N-dealkylation sites (N-methyl/N-ethyl adjacent to an activating group) is 1. The topological polar surface area (TPSA) is 92.7 Å². The molecule has 1 aromatic carbocycles. The Morgan fingerprint density at radius 1 is 1.22 bits per heavy atom. The first-order chi connectivity index (χ1) is 8.32. The van der Waals surface area contributed by atoms with Crippen molar-refractivity contribution < 1.29 is 9.59 Å². The van der Waals surface area contributed by atoms with Crippen LogP contribution in [0.25, 0.3) is 0 Å². The van der Waals surface area contributed by atoms with Crippen molar-refractivity contribution in [3.8, 4) is 0 Å². The van der Waals surface area contributed by atoms with Crippen LogP contribution in [-0.4, -0.2) is 44.4 Å². The number of amides is 2. The highest BCUT2D eigenvalue weighted by molar-refractivity contribution is 5.97. The molecule has 0 bridgehead atoms. The molecule has 98 valence electrons. The molecule has 0 saturated carbocycles. The first kappa shape index (κ1) is 13.8. The maximum atomic E-state index is 12.0. The summed E-state index contributed by atoms with van der Waals surface area (Å²) >= 11 is 0. The van der Waals surface area contributed by atoms with Crippen LogP contribution in [0.5, 0.6) is 0 Å². The molecule has 2 amide bonds. The van der Waals surface area contributed by atoms with Crippen molar-refractivity contribution in [3.63, 3.8) is 0 Å². The van der Waals surface area contributed by atoms with Gasteiger partial charge in [-0.05, 0) is 18.2 Å². The normalized spacial score (nSPS) is 9.94. The predicted molar refractivity (Wildman–Crippen MR) is 71.3 cm³/mol. The number of hydrogen-bond acceptors (Lipinski definition) is 4. The minimum Gasteiger partial charge on any atom is -0.397 e. The molecule has 0 unspecified atom stereocenters. The summed E-state index contributed by atoms with van der Waals surface area (Å²) in [5.41, 5.74) is 12.7. The van der Waals surface area contributed by atoms with Crippen molar-refractivity contribution in [2.75, 3.05) is 38.3 Å². The number of carbonyl (C=O) groups excluding carboxylic acids is 2. The van der Waals surface area contributed by atoms with E-state index in [0.29, 0.717) is 11.3 Å². The molecular formula is C12H18N4O2. The van der Waals surface area contributed by atoms with E-state index >= 15 is 0 Å². The van der Waals surface area contributed by atoms with Crippen LogP contribution >= 0.6 is 0 Å². The van der Waals surface area contributed by atoms with E-state index in [1.54, 1.807) is 18.2 Å². The Balaban J connectivity index is 2.94. The van der Waals surface area contributed by atoms with Crippen LogP contribution in [0.1, 0.15) is 10.4 Å². The van der Waals surface area contributed by atoms with Gasteiger partial charge >= 0.3 is 0 Å². The molecule has 0 aromatic heterocycles. The van der Waals surface area contributed by atoms with Gasteiger partial charge in [0.15, 0.2) is 0 Å². The highest BCUT2D eigenvalue weighted by Crippen LogP contribution is 2.22. The van der Waals surface area contributed by atoms with Crippen molar-refractivity contribution in [1.29, 1.82) is 0 Å². The first-order valence-corrected chi connectivity index (χ1v) is 5.43. The third-order valence-corrected chi connectivity index (χ3v) is 2.50. The fraction of sp³-hybridized carbons (Fsp3) is 0.333. The summed E-state index contributed by atoms with van der Waals surface area (Å²) in [6, 6.07) is 5.03. The summed E-state index contributed by atoms with van der Waals surface area (Å²) in [5, 5.41) is 0.